The fraction of sp³-hybridized carbons (Fsp3) is 0.200. The average molecular weight is 247 g/mol. The van der Waals surface area contributed by atoms with Crippen LogP contribution in [0.1, 0.15) is 15.9 Å². The highest BCUT2D eigenvalue weighted by atomic mass is 35.5. The second-order valence-corrected chi connectivity index (χ2v) is 3.41. The lowest BCUT2D eigenvalue weighted by molar-refractivity contribution is -0.131. The Morgan fingerprint density at radius 2 is 2.12 bits per heavy atom. The van der Waals surface area contributed by atoms with Gasteiger partial charge in [-0.15, -0.1) is 0 Å². The molecular formula is C10H8ClFO4. The van der Waals surface area contributed by atoms with Crippen LogP contribution in [0.2, 0.25) is 5.02 Å². The lowest BCUT2D eigenvalue weighted by atomic mass is 10.1. The Morgan fingerprint density at radius 1 is 1.50 bits per heavy atom. The molecule has 0 aromatic heterocycles. The number of ether oxygens (including phenoxy) is 1. The lowest BCUT2D eigenvalue weighted by Crippen LogP contribution is -2.15. The SMILES string of the molecule is COCc1cc(Cl)c(F)c(C(=O)C(=O)O)c1. The van der Waals surface area contributed by atoms with E-state index in [1.54, 1.807) is 0 Å². The molecule has 0 radical (unpaired) electrons. The van der Waals surface area contributed by atoms with Crippen molar-refractivity contribution >= 4 is 23.4 Å². The number of carboxylic acid groups (broad SMARTS) is 1. The summed E-state index contributed by atoms with van der Waals surface area (Å²) in [7, 11) is 1.41. The zero-order valence-electron chi connectivity index (χ0n) is 8.29. The number of carboxylic acids is 1. The number of hydrogen-bond acceptors (Lipinski definition) is 3. The van der Waals surface area contributed by atoms with Gasteiger partial charge in [-0.1, -0.05) is 11.6 Å². The molecule has 1 rings (SSSR count). The van der Waals surface area contributed by atoms with E-state index in [9.17, 15) is 14.0 Å². The second-order valence-electron chi connectivity index (χ2n) is 3.01. The molecule has 0 bridgehead atoms. The first kappa shape index (κ1) is 12.6. The minimum atomic E-state index is -1.73. The molecule has 0 saturated heterocycles. The van der Waals surface area contributed by atoms with E-state index in [4.69, 9.17) is 21.4 Å². The van der Waals surface area contributed by atoms with Gasteiger partial charge in [0, 0.05) is 7.11 Å². The van der Waals surface area contributed by atoms with Gasteiger partial charge in [-0.3, -0.25) is 4.79 Å². The van der Waals surface area contributed by atoms with Gasteiger partial charge in [-0.2, -0.15) is 0 Å². The number of methoxy groups -OCH3 is 1. The van der Waals surface area contributed by atoms with Crippen molar-refractivity contribution < 1.29 is 23.8 Å². The number of carbonyl (C=O) groups is 2. The summed E-state index contributed by atoms with van der Waals surface area (Å²) in [5.74, 6) is -4.10. The zero-order valence-corrected chi connectivity index (χ0v) is 9.05. The van der Waals surface area contributed by atoms with Gasteiger partial charge in [-0.05, 0) is 17.7 Å². The van der Waals surface area contributed by atoms with Gasteiger partial charge in [0.1, 0.15) is 0 Å². The number of rotatable bonds is 4. The van der Waals surface area contributed by atoms with Gasteiger partial charge in [0.25, 0.3) is 5.78 Å². The minimum Gasteiger partial charge on any atom is -0.475 e. The first-order valence-electron chi connectivity index (χ1n) is 4.21. The summed E-state index contributed by atoms with van der Waals surface area (Å²) >= 11 is 5.53. The number of halogens is 2. The van der Waals surface area contributed by atoms with Crippen molar-refractivity contribution in [1.29, 1.82) is 0 Å². The molecule has 1 aromatic carbocycles. The fourth-order valence-corrected chi connectivity index (χ4v) is 1.42. The van der Waals surface area contributed by atoms with Crippen LogP contribution in [0.15, 0.2) is 12.1 Å². The van der Waals surface area contributed by atoms with Gasteiger partial charge in [0.2, 0.25) is 0 Å². The summed E-state index contributed by atoms with van der Waals surface area (Å²) in [6.07, 6.45) is 0. The third-order valence-corrected chi connectivity index (χ3v) is 2.11. The first-order valence-corrected chi connectivity index (χ1v) is 4.59. The number of hydrogen-bond donors (Lipinski definition) is 1. The smallest absolute Gasteiger partial charge is 0.377 e. The van der Waals surface area contributed by atoms with Crippen molar-refractivity contribution in [2.45, 2.75) is 6.61 Å². The molecule has 4 nitrogen and oxygen atoms in total. The van der Waals surface area contributed by atoms with Crippen LogP contribution in [-0.2, 0) is 16.1 Å². The summed E-state index contributed by atoms with van der Waals surface area (Å²) in [6, 6.07) is 2.39. The number of ketones is 1. The van der Waals surface area contributed by atoms with Crippen LogP contribution in [0.3, 0.4) is 0 Å². The van der Waals surface area contributed by atoms with E-state index in [0.29, 0.717) is 5.56 Å². The Kier molecular flexibility index (Phi) is 3.98. The third kappa shape index (κ3) is 2.56. The Hall–Kier alpha value is -1.46. The van der Waals surface area contributed by atoms with E-state index in [1.165, 1.54) is 13.2 Å². The highest BCUT2D eigenvalue weighted by Gasteiger charge is 2.21. The molecule has 16 heavy (non-hydrogen) atoms. The van der Waals surface area contributed by atoms with Crippen molar-refractivity contribution in [2.24, 2.45) is 0 Å². The van der Waals surface area contributed by atoms with Crippen molar-refractivity contribution in [1.82, 2.24) is 0 Å². The van der Waals surface area contributed by atoms with E-state index < -0.39 is 23.1 Å². The fourth-order valence-electron chi connectivity index (χ4n) is 1.18. The highest BCUT2D eigenvalue weighted by Crippen LogP contribution is 2.22. The Labute approximate surface area is 95.6 Å². The first-order chi connectivity index (χ1) is 7.47. The van der Waals surface area contributed by atoms with Crippen LogP contribution in [0.5, 0.6) is 0 Å². The van der Waals surface area contributed by atoms with Gasteiger partial charge < -0.3 is 9.84 Å². The molecule has 0 atom stereocenters. The molecule has 0 unspecified atom stereocenters. The van der Waals surface area contributed by atoms with Crippen LogP contribution >= 0.6 is 11.6 Å². The molecule has 1 N–H and O–H groups in total. The largest absolute Gasteiger partial charge is 0.475 e. The number of Topliss-reactive ketones (excluding diaryl/α,β-unsaturated/α-hetero) is 1. The summed E-state index contributed by atoms with van der Waals surface area (Å²) in [5.41, 5.74) is -0.134. The van der Waals surface area contributed by atoms with Crippen LogP contribution < -0.4 is 0 Å². The molecule has 0 spiro atoms. The molecule has 0 fully saturated rings. The van der Waals surface area contributed by atoms with Crippen molar-refractivity contribution in [3.05, 3.63) is 34.1 Å². The molecule has 0 aliphatic rings. The van der Waals surface area contributed by atoms with Gasteiger partial charge >= 0.3 is 5.97 Å². The normalized spacial score (nSPS) is 10.2. The van der Waals surface area contributed by atoms with E-state index in [-0.39, 0.29) is 11.6 Å². The Morgan fingerprint density at radius 3 is 2.62 bits per heavy atom. The van der Waals surface area contributed by atoms with Crippen LogP contribution in [0.25, 0.3) is 0 Å². The standard InChI is InChI=1S/C10H8ClFO4/c1-16-4-5-2-6(9(13)10(14)15)8(12)7(11)3-5/h2-3H,4H2,1H3,(H,14,15). The quantitative estimate of drug-likeness (QED) is 0.651. The number of aliphatic carboxylic acids is 1. The number of carbonyl (C=O) groups excluding carboxylic acids is 1. The predicted octanol–water partition coefficient (Wildman–Crippen LogP) is 1.89. The second kappa shape index (κ2) is 5.05. The van der Waals surface area contributed by atoms with E-state index in [1.807, 2.05) is 0 Å². The molecule has 86 valence electrons. The van der Waals surface area contributed by atoms with Crippen LogP contribution in [0, 0.1) is 5.82 Å². The van der Waals surface area contributed by atoms with Crippen molar-refractivity contribution in [3.8, 4) is 0 Å². The van der Waals surface area contributed by atoms with Crippen LogP contribution in [0.4, 0.5) is 4.39 Å². The molecule has 0 aliphatic heterocycles. The Bertz CT molecular complexity index is 445. The van der Waals surface area contributed by atoms with E-state index in [2.05, 4.69) is 0 Å². The Balaban J connectivity index is 3.26. The van der Waals surface area contributed by atoms with Crippen molar-refractivity contribution in [2.75, 3.05) is 7.11 Å². The molecule has 6 heteroatoms. The minimum absolute atomic E-state index is 0.111. The van der Waals surface area contributed by atoms with Crippen LogP contribution in [-0.4, -0.2) is 24.0 Å². The monoisotopic (exact) mass is 246 g/mol. The molecule has 1 aromatic rings. The van der Waals surface area contributed by atoms with Gasteiger partial charge in [-0.25, -0.2) is 9.18 Å². The maximum Gasteiger partial charge on any atom is 0.377 e. The lowest BCUT2D eigenvalue weighted by Gasteiger charge is -2.05. The maximum atomic E-state index is 13.4. The van der Waals surface area contributed by atoms with E-state index >= 15 is 0 Å². The van der Waals surface area contributed by atoms with Crippen molar-refractivity contribution in [3.63, 3.8) is 0 Å². The summed E-state index contributed by atoms with van der Waals surface area (Å²) < 4.78 is 18.2. The molecule has 0 heterocycles. The van der Waals surface area contributed by atoms with Gasteiger partial charge in [0.15, 0.2) is 5.82 Å². The average Bonchev–Trinajstić information content (AvgIpc) is 2.22. The molecular weight excluding hydrogens is 239 g/mol. The third-order valence-electron chi connectivity index (χ3n) is 1.84. The summed E-state index contributed by atoms with van der Waals surface area (Å²) in [5, 5.41) is 8.17. The summed E-state index contributed by atoms with van der Waals surface area (Å²) in [4.78, 5) is 21.6. The maximum absolute atomic E-state index is 13.4. The molecule has 0 amide bonds. The highest BCUT2D eigenvalue weighted by molar-refractivity contribution is 6.40. The predicted molar refractivity (Wildman–Crippen MR) is 54.1 cm³/mol. The summed E-state index contributed by atoms with van der Waals surface area (Å²) in [6.45, 7) is 0.111. The number of benzene rings is 1. The van der Waals surface area contributed by atoms with Gasteiger partial charge in [0.05, 0.1) is 17.2 Å². The van der Waals surface area contributed by atoms with E-state index in [0.717, 1.165) is 6.07 Å². The molecule has 0 saturated carbocycles. The topological polar surface area (TPSA) is 63.6 Å². The molecule has 0 aliphatic carbocycles. The zero-order chi connectivity index (χ0) is 12.3.